The Balaban J connectivity index is 3.08. The van der Waals surface area contributed by atoms with Crippen molar-refractivity contribution in [2.45, 2.75) is 26.0 Å². The number of thioether (sulfide) groups is 1. The maximum Gasteiger partial charge on any atom is 0.567 e. The summed E-state index contributed by atoms with van der Waals surface area (Å²) in [6.07, 6.45) is 4.67. The maximum absolute atomic E-state index is 11.2. The van der Waals surface area contributed by atoms with Crippen molar-refractivity contribution in [3.8, 4) is 5.75 Å². The highest BCUT2D eigenvalue weighted by Gasteiger charge is 2.33. The van der Waals surface area contributed by atoms with Crippen LogP contribution in [0.15, 0.2) is 11.2 Å². The van der Waals surface area contributed by atoms with Gasteiger partial charge in [0.25, 0.3) is 0 Å². The Morgan fingerprint density at radius 1 is 1.50 bits per heavy atom. The fraction of sp³-hybridized carbons (Fsp3) is 0.462. The van der Waals surface area contributed by atoms with Crippen molar-refractivity contribution in [2.75, 3.05) is 12.0 Å². The molecule has 1 aromatic rings. The van der Waals surface area contributed by atoms with Crippen LogP contribution in [0.5, 0.6) is 5.75 Å². The summed E-state index contributed by atoms with van der Waals surface area (Å²) in [6, 6.07) is -0.973. The molecule has 0 saturated heterocycles. The summed E-state index contributed by atoms with van der Waals surface area (Å²) in [6.45, 7) is 1.10. The minimum atomic E-state index is -4.45. The van der Waals surface area contributed by atoms with Crippen LogP contribution in [0.25, 0.3) is 0 Å². The van der Waals surface area contributed by atoms with Crippen molar-refractivity contribution in [1.29, 1.82) is 0 Å². The van der Waals surface area contributed by atoms with Gasteiger partial charge in [-0.2, -0.15) is 26.4 Å². The third-order valence-corrected chi connectivity index (χ3v) is 4.13. The van der Waals surface area contributed by atoms with Crippen LogP contribution in [0.4, 0.5) is 0 Å². The molecule has 0 aromatic carbocycles. The third-order valence-electron chi connectivity index (χ3n) is 3.02. The van der Waals surface area contributed by atoms with Gasteiger partial charge in [0.1, 0.15) is 18.4 Å². The van der Waals surface area contributed by atoms with Gasteiger partial charge in [-0.15, -0.1) is 4.52 Å². The molecule has 0 aliphatic rings. The molecule has 0 amide bonds. The molecular weight excluding hydrogens is 359 g/mol. The fourth-order valence-electron chi connectivity index (χ4n) is 1.72. The van der Waals surface area contributed by atoms with E-state index in [0.717, 1.165) is 0 Å². The number of aliphatic carboxylic acids is 1. The van der Waals surface area contributed by atoms with Crippen molar-refractivity contribution >= 4 is 32.1 Å². The second kappa shape index (κ2) is 9.26. The Morgan fingerprint density at radius 2 is 2.17 bits per heavy atom. The molecule has 0 bridgehead atoms. The lowest BCUT2D eigenvalue weighted by Gasteiger charge is -2.11. The van der Waals surface area contributed by atoms with Crippen LogP contribution in [-0.4, -0.2) is 60.1 Å². The Labute approximate surface area is 143 Å². The van der Waals surface area contributed by atoms with Gasteiger partial charge in [-0.25, -0.2) is 4.79 Å². The summed E-state index contributed by atoms with van der Waals surface area (Å²) < 4.78 is 4.52. The van der Waals surface area contributed by atoms with E-state index < -0.39 is 26.8 Å². The molecule has 1 atom stereocenters. The monoisotopic (exact) mass is 379 g/mol. The molecule has 1 aromatic heterocycles. The van der Waals surface area contributed by atoms with E-state index in [4.69, 9.17) is 19.8 Å². The molecule has 134 valence electrons. The van der Waals surface area contributed by atoms with Crippen molar-refractivity contribution in [1.82, 2.24) is 4.98 Å². The molecule has 1 rings (SSSR count). The molecule has 0 aliphatic heterocycles. The summed E-state index contributed by atoms with van der Waals surface area (Å²) in [7, 11) is -4.45. The minimum absolute atomic E-state index is 0.145. The third kappa shape index (κ3) is 6.68. The van der Waals surface area contributed by atoms with E-state index >= 15 is 0 Å². The molecule has 0 fully saturated rings. The highest BCUT2D eigenvalue weighted by Crippen LogP contribution is 2.46. The number of carboxylic acids is 1. The van der Waals surface area contributed by atoms with E-state index in [1.807, 2.05) is 6.26 Å². The van der Waals surface area contributed by atoms with Gasteiger partial charge in [0, 0.05) is 23.5 Å². The fourth-order valence-corrected chi connectivity index (χ4v) is 2.49. The number of aromatic hydroxyl groups is 1. The first kappa shape index (κ1) is 20.8. The molecule has 1 unspecified atom stereocenters. The molecule has 0 aliphatic carbocycles. The Kier molecular flexibility index (Phi) is 8.01. The van der Waals surface area contributed by atoms with Gasteiger partial charge in [-0.05, 0) is 25.4 Å². The number of aromatic nitrogens is 1. The van der Waals surface area contributed by atoms with Gasteiger partial charge < -0.3 is 10.2 Å². The number of rotatable bonds is 9. The zero-order valence-electron chi connectivity index (χ0n) is 13.2. The SMILES string of the molecule is CSCCC(N=Cc1c(CO[P+](O)(O)O)cnc(C)c1O)C(=O)O. The lowest BCUT2D eigenvalue weighted by atomic mass is 10.1. The number of carbonyl (C=O) groups is 1. The van der Waals surface area contributed by atoms with Gasteiger partial charge in [0.05, 0.1) is 5.69 Å². The number of pyridine rings is 1. The van der Waals surface area contributed by atoms with Gasteiger partial charge in [0.2, 0.25) is 0 Å². The first-order valence-electron chi connectivity index (χ1n) is 6.80. The van der Waals surface area contributed by atoms with Crippen LogP contribution < -0.4 is 0 Å². The van der Waals surface area contributed by atoms with Gasteiger partial charge in [-0.3, -0.25) is 9.98 Å². The topological polar surface area (TPSA) is 153 Å². The number of nitrogens with zero attached hydrogens (tertiary/aromatic N) is 2. The van der Waals surface area contributed by atoms with Crippen molar-refractivity contribution in [2.24, 2.45) is 4.99 Å². The average molecular weight is 379 g/mol. The van der Waals surface area contributed by atoms with E-state index in [9.17, 15) is 9.90 Å². The second-order valence-electron chi connectivity index (χ2n) is 4.83. The molecule has 0 radical (unpaired) electrons. The van der Waals surface area contributed by atoms with Crippen LogP contribution in [-0.2, 0) is 15.9 Å². The Hall–Kier alpha value is -1.29. The van der Waals surface area contributed by atoms with Crippen LogP contribution in [0.2, 0.25) is 0 Å². The van der Waals surface area contributed by atoms with E-state index in [0.29, 0.717) is 12.2 Å². The molecule has 1 heterocycles. The van der Waals surface area contributed by atoms with Gasteiger partial charge >= 0.3 is 14.1 Å². The van der Waals surface area contributed by atoms with E-state index in [1.54, 1.807) is 6.92 Å². The largest absolute Gasteiger partial charge is 0.567 e. The summed E-state index contributed by atoms with van der Waals surface area (Å²) in [5, 5.41) is 19.3. The van der Waals surface area contributed by atoms with Crippen molar-refractivity contribution in [3.05, 3.63) is 23.0 Å². The molecule has 9 nitrogen and oxygen atoms in total. The average Bonchev–Trinajstić information content (AvgIpc) is 2.48. The van der Waals surface area contributed by atoms with Crippen LogP contribution in [0.3, 0.4) is 0 Å². The molecule has 5 N–H and O–H groups in total. The highest BCUT2D eigenvalue weighted by molar-refractivity contribution is 7.98. The van der Waals surface area contributed by atoms with Crippen LogP contribution in [0, 0.1) is 6.92 Å². The standard InChI is InChI=1S/C13H19N2O7PS/c1-8-12(16)10(6-15-11(13(17)18)3-4-24-2)9(5-14-8)7-22-23(19,20)21/h5-6,11,19-21H,3-4,7H2,1-2H3,(H-,15,16,17,18)/p+1. The predicted octanol–water partition coefficient (Wildman–Crippen LogP) is 0.892. The normalized spacial score (nSPS) is 13.4. The first-order chi connectivity index (χ1) is 11.2. The summed E-state index contributed by atoms with van der Waals surface area (Å²) in [5.74, 6) is -0.709. The number of hydrogen-bond acceptors (Lipinski definition) is 9. The number of aliphatic imine (C=N–C) groups is 1. The lowest BCUT2D eigenvalue weighted by Crippen LogP contribution is -2.19. The smallest absolute Gasteiger partial charge is 0.505 e. The van der Waals surface area contributed by atoms with Gasteiger partial charge in [0.15, 0.2) is 0 Å². The molecule has 24 heavy (non-hydrogen) atoms. The minimum Gasteiger partial charge on any atom is -0.505 e. The zero-order valence-corrected chi connectivity index (χ0v) is 14.9. The molecule has 0 saturated carbocycles. The van der Waals surface area contributed by atoms with E-state index in [2.05, 4.69) is 14.5 Å². The Bertz CT molecular complexity index is 607. The van der Waals surface area contributed by atoms with Crippen molar-refractivity contribution in [3.63, 3.8) is 0 Å². The molecule has 0 spiro atoms. The first-order valence-corrected chi connectivity index (χ1v) is 9.75. The lowest BCUT2D eigenvalue weighted by molar-refractivity contribution is -0.138. The number of hydrogen-bond donors (Lipinski definition) is 5. The van der Waals surface area contributed by atoms with Crippen molar-refractivity contribution < 1.29 is 34.2 Å². The summed E-state index contributed by atoms with van der Waals surface area (Å²) in [4.78, 5) is 45.7. The highest BCUT2D eigenvalue weighted by atomic mass is 32.2. The summed E-state index contributed by atoms with van der Waals surface area (Å²) in [5.41, 5.74) is 0.651. The predicted molar refractivity (Wildman–Crippen MR) is 91.0 cm³/mol. The molecular formula is C13H20N2O7PS+. The number of aryl methyl sites for hydroxylation is 1. The summed E-state index contributed by atoms with van der Waals surface area (Å²) >= 11 is 1.49. The van der Waals surface area contributed by atoms with Crippen LogP contribution in [0.1, 0.15) is 23.2 Å². The second-order valence-corrected chi connectivity index (χ2v) is 7.10. The Morgan fingerprint density at radius 3 is 2.71 bits per heavy atom. The van der Waals surface area contributed by atoms with Gasteiger partial charge in [-0.1, -0.05) is 0 Å². The maximum atomic E-state index is 11.2. The van der Waals surface area contributed by atoms with Crippen LogP contribution >= 0.6 is 19.9 Å². The molecule has 11 heteroatoms. The zero-order chi connectivity index (χ0) is 18.3. The van der Waals surface area contributed by atoms with E-state index in [1.165, 1.54) is 24.2 Å². The quantitative estimate of drug-likeness (QED) is 0.311. The number of carboxylic acid groups (broad SMARTS) is 1. The van der Waals surface area contributed by atoms with E-state index in [-0.39, 0.29) is 22.6 Å².